The third-order valence-corrected chi connectivity index (χ3v) is 7.07. The van der Waals surface area contributed by atoms with E-state index in [1.54, 1.807) is 21.3 Å². The molecular weight excluding hydrogens is 494 g/mol. The zero-order valence-corrected chi connectivity index (χ0v) is 24.4. The van der Waals surface area contributed by atoms with Gasteiger partial charge in [0.05, 0.1) is 26.8 Å². The maximum absolute atomic E-state index is 5.71. The van der Waals surface area contributed by atoms with Gasteiger partial charge in [0.15, 0.2) is 11.5 Å². The van der Waals surface area contributed by atoms with Gasteiger partial charge >= 0.3 is 0 Å². The van der Waals surface area contributed by atoms with Gasteiger partial charge in [-0.3, -0.25) is 4.90 Å². The molecule has 0 radical (unpaired) electrons. The minimum atomic E-state index is 0.246. The highest BCUT2D eigenvalue weighted by Gasteiger charge is 2.26. The van der Waals surface area contributed by atoms with E-state index in [4.69, 9.17) is 24.2 Å². The zero-order valence-electron chi connectivity index (χ0n) is 24.4. The van der Waals surface area contributed by atoms with Gasteiger partial charge in [0.1, 0.15) is 11.6 Å². The Morgan fingerprint density at radius 2 is 1.72 bits per heavy atom. The number of aromatic nitrogens is 2. The molecule has 39 heavy (non-hydrogen) atoms. The van der Waals surface area contributed by atoms with E-state index < -0.39 is 0 Å². The molecule has 1 saturated heterocycles. The molecule has 10 heteroatoms. The predicted molar refractivity (Wildman–Crippen MR) is 159 cm³/mol. The fraction of sp³-hybridized carbons (Fsp3) is 0.517. The Morgan fingerprint density at radius 3 is 2.41 bits per heavy atom. The Balaban J connectivity index is 1.55. The van der Waals surface area contributed by atoms with E-state index in [2.05, 4.69) is 59.6 Å². The zero-order chi connectivity index (χ0) is 27.9. The average Bonchev–Trinajstić information content (AvgIpc) is 3.36. The Hall–Kier alpha value is -3.50. The first-order valence-corrected chi connectivity index (χ1v) is 13.5. The standard InChI is InChI=1S/C29H43N7O3/c1-34(2)14-9-13-30-29-32-23-17-27(39-7)26(38-6)16-21(23)28(33-29)31-20-12-15-36(18-20)19-22-24(35(3)4)10-8-11-25(22)37-5/h8,10-11,16-17,20H,9,12-15,18-19H2,1-7H3,(H2,30,31,32,33)/t20-/m1/s1. The molecule has 2 N–H and O–H groups in total. The van der Waals surface area contributed by atoms with Gasteiger partial charge in [-0.15, -0.1) is 0 Å². The van der Waals surface area contributed by atoms with Gasteiger partial charge in [-0.1, -0.05) is 6.07 Å². The van der Waals surface area contributed by atoms with Crippen LogP contribution in [0.4, 0.5) is 17.5 Å². The summed E-state index contributed by atoms with van der Waals surface area (Å²) < 4.78 is 16.8. The van der Waals surface area contributed by atoms with Gasteiger partial charge in [-0.25, -0.2) is 4.98 Å². The second kappa shape index (κ2) is 13.0. The van der Waals surface area contributed by atoms with Crippen LogP contribution in [0.15, 0.2) is 30.3 Å². The maximum atomic E-state index is 5.71. The van der Waals surface area contributed by atoms with Crippen LogP contribution in [0.3, 0.4) is 0 Å². The number of methoxy groups -OCH3 is 3. The fourth-order valence-electron chi connectivity index (χ4n) is 5.07. The molecule has 4 rings (SSSR count). The van der Waals surface area contributed by atoms with Crippen LogP contribution in [-0.4, -0.2) is 102 Å². The monoisotopic (exact) mass is 537 g/mol. The molecule has 0 bridgehead atoms. The number of ether oxygens (including phenoxy) is 3. The molecule has 1 aliphatic rings. The van der Waals surface area contributed by atoms with Crippen molar-refractivity contribution >= 4 is 28.4 Å². The van der Waals surface area contributed by atoms with Crippen molar-refractivity contribution in [2.24, 2.45) is 0 Å². The van der Waals surface area contributed by atoms with Crippen molar-refractivity contribution in [2.45, 2.75) is 25.4 Å². The van der Waals surface area contributed by atoms with Crippen molar-refractivity contribution in [2.75, 3.05) is 91.2 Å². The van der Waals surface area contributed by atoms with Crippen LogP contribution in [0.5, 0.6) is 17.2 Å². The number of nitrogens with zero attached hydrogens (tertiary/aromatic N) is 5. The van der Waals surface area contributed by atoms with Crippen molar-refractivity contribution in [1.29, 1.82) is 0 Å². The van der Waals surface area contributed by atoms with Gasteiger partial charge < -0.3 is 34.6 Å². The lowest BCUT2D eigenvalue weighted by Gasteiger charge is -2.24. The van der Waals surface area contributed by atoms with Crippen molar-refractivity contribution in [3.8, 4) is 17.2 Å². The first-order chi connectivity index (χ1) is 18.8. The lowest BCUT2D eigenvalue weighted by molar-refractivity contribution is 0.319. The summed E-state index contributed by atoms with van der Waals surface area (Å²) in [5.74, 6) is 3.63. The average molecular weight is 538 g/mol. The summed E-state index contributed by atoms with van der Waals surface area (Å²) in [6.07, 6.45) is 2.01. The van der Waals surface area contributed by atoms with E-state index in [-0.39, 0.29) is 6.04 Å². The minimum absolute atomic E-state index is 0.246. The van der Waals surface area contributed by atoms with Crippen molar-refractivity contribution in [1.82, 2.24) is 19.8 Å². The Kier molecular flexibility index (Phi) is 9.53. The fourth-order valence-corrected chi connectivity index (χ4v) is 5.07. The quantitative estimate of drug-likeness (QED) is 0.314. The van der Waals surface area contributed by atoms with Gasteiger partial charge in [0, 0.05) is 69.0 Å². The molecule has 212 valence electrons. The van der Waals surface area contributed by atoms with E-state index in [1.807, 2.05) is 24.3 Å². The molecule has 0 unspecified atom stereocenters. The first kappa shape index (κ1) is 28.5. The number of anilines is 3. The van der Waals surface area contributed by atoms with E-state index in [0.29, 0.717) is 17.4 Å². The van der Waals surface area contributed by atoms with Gasteiger partial charge in [0.25, 0.3) is 0 Å². The van der Waals surface area contributed by atoms with Crippen LogP contribution in [-0.2, 0) is 6.54 Å². The minimum Gasteiger partial charge on any atom is -0.496 e. The number of nitrogens with one attached hydrogen (secondary N) is 2. The van der Waals surface area contributed by atoms with E-state index in [9.17, 15) is 0 Å². The molecule has 2 aromatic carbocycles. The molecular formula is C29H43N7O3. The number of fused-ring (bicyclic) bond motifs is 1. The maximum Gasteiger partial charge on any atom is 0.225 e. The van der Waals surface area contributed by atoms with Gasteiger partial charge in [0.2, 0.25) is 5.95 Å². The molecule has 1 aliphatic heterocycles. The van der Waals surface area contributed by atoms with Crippen molar-refractivity contribution < 1.29 is 14.2 Å². The topological polar surface area (TPSA) is 87.2 Å². The Morgan fingerprint density at radius 1 is 0.974 bits per heavy atom. The third kappa shape index (κ3) is 6.93. The molecule has 2 heterocycles. The second-order valence-electron chi connectivity index (χ2n) is 10.4. The summed E-state index contributed by atoms with van der Waals surface area (Å²) in [5.41, 5.74) is 3.19. The SMILES string of the molecule is COc1cc2nc(NCCCN(C)C)nc(N[C@@H]3CCN(Cc4c(OC)cccc4N(C)C)C3)c2cc1OC. The first-order valence-electron chi connectivity index (χ1n) is 13.5. The summed E-state index contributed by atoms with van der Waals surface area (Å²) in [6.45, 7) is 4.49. The second-order valence-corrected chi connectivity index (χ2v) is 10.4. The molecule has 1 aromatic heterocycles. The Bertz CT molecular complexity index is 1250. The molecule has 0 aliphatic carbocycles. The van der Waals surface area contributed by atoms with Crippen LogP contribution < -0.4 is 29.7 Å². The number of rotatable bonds is 13. The number of hydrogen-bond donors (Lipinski definition) is 2. The summed E-state index contributed by atoms with van der Waals surface area (Å²) >= 11 is 0. The molecule has 0 saturated carbocycles. The normalized spacial score (nSPS) is 15.5. The van der Waals surface area contributed by atoms with Crippen molar-refractivity contribution in [3.63, 3.8) is 0 Å². The lowest BCUT2D eigenvalue weighted by atomic mass is 10.1. The predicted octanol–water partition coefficient (Wildman–Crippen LogP) is 3.77. The number of benzene rings is 2. The smallest absolute Gasteiger partial charge is 0.225 e. The molecule has 0 spiro atoms. The molecule has 1 fully saturated rings. The summed E-state index contributed by atoms with van der Waals surface area (Å²) in [5, 5.41) is 8.04. The molecule has 1 atom stereocenters. The number of hydrogen-bond acceptors (Lipinski definition) is 10. The molecule has 10 nitrogen and oxygen atoms in total. The van der Waals surface area contributed by atoms with E-state index in [1.165, 1.54) is 11.3 Å². The van der Waals surface area contributed by atoms with Crippen LogP contribution in [0.25, 0.3) is 10.9 Å². The molecule has 3 aromatic rings. The highest BCUT2D eigenvalue weighted by atomic mass is 16.5. The van der Waals surface area contributed by atoms with E-state index >= 15 is 0 Å². The highest BCUT2D eigenvalue weighted by Crippen LogP contribution is 2.36. The summed E-state index contributed by atoms with van der Waals surface area (Å²) in [4.78, 5) is 16.5. The van der Waals surface area contributed by atoms with E-state index in [0.717, 1.165) is 68.0 Å². The van der Waals surface area contributed by atoms with Crippen LogP contribution in [0, 0.1) is 0 Å². The van der Waals surface area contributed by atoms with Crippen molar-refractivity contribution in [3.05, 3.63) is 35.9 Å². The molecule has 0 amide bonds. The number of likely N-dealkylation sites (tertiary alicyclic amines) is 1. The summed E-state index contributed by atoms with van der Waals surface area (Å²) in [6, 6.07) is 10.3. The van der Waals surface area contributed by atoms with Gasteiger partial charge in [-0.05, 0) is 51.7 Å². The van der Waals surface area contributed by atoms with Crippen LogP contribution in [0.2, 0.25) is 0 Å². The lowest BCUT2D eigenvalue weighted by Crippen LogP contribution is -2.27. The van der Waals surface area contributed by atoms with Crippen LogP contribution >= 0.6 is 0 Å². The third-order valence-electron chi connectivity index (χ3n) is 7.07. The largest absolute Gasteiger partial charge is 0.496 e. The highest BCUT2D eigenvalue weighted by molar-refractivity contribution is 5.92. The van der Waals surface area contributed by atoms with Gasteiger partial charge in [-0.2, -0.15) is 4.98 Å². The summed E-state index contributed by atoms with van der Waals surface area (Å²) in [7, 11) is 13.3. The Labute approximate surface area is 232 Å². The van der Waals surface area contributed by atoms with Crippen LogP contribution in [0.1, 0.15) is 18.4 Å².